The van der Waals surface area contributed by atoms with Gasteiger partial charge in [0.05, 0.1) is 12.5 Å². The van der Waals surface area contributed by atoms with Crippen LogP contribution in [0, 0.1) is 5.92 Å². The highest BCUT2D eigenvalue weighted by Crippen LogP contribution is 2.56. The van der Waals surface area contributed by atoms with Crippen LogP contribution in [0.4, 0.5) is 5.69 Å². The van der Waals surface area contributed by atoms with Crippen molar-refractivity contribution < 1.29 is 14.3 Å². The summed E-state index contributed by atoms with van der Waals surface area (Å²) in [5.41, 5.74) is 1.94. The first-order valence-corrected chi connectivity index (χ1v) is 11.2. The number of hydrogen-bond donors (Lipinski definition) is 1. The van der Waals surface area contributed by atoms with E-state index in [1.54, 1.807) is 4.90 Å². The predicted octanol–water partition coefficient (Wildman–Crippen LogP) is 3.06. The maximum Gasteiger partial charge on any atom is 0.252 e. The average molecular weight is 420 g/mol. The zero-order valence-electron chi connectivity index (χ0n) is 18.1. The van der Waals surface area contributed by atoms with Gasteiger partial charge < -0.3 is 15.0 Å². The van der Waals surface area contributed by atoms with Crippen molar-refractivity contribution in [2.45, 2.75) is 44.3 Å². The van der Waals surface area contributed by atoms with E-state index < -0.39 is 11.5 Å². The van der Waals surface area contributed by atoms with Gasteiger partial charge in [-0.1, -0.05) is 36.4 Å². The molecule has 3 aliphatic heterocycles. The summed E-state index contributed by atoms with van der Waals surface area (Å²) in [6.07, 6.45) is 2.83. The molecule has 2 aromatic rings. The van der Waals surface area contributed by atoms with Gasteiger partial charge >= 0.3 is 0 Å². The Bertz CT molecular complexity index is 1020. The highest BCUT2D eigenvalue weighted by Gasteiger charge is 2.66. The number of ether oxygens (including phenoxy) is 1. The first-order chi connectivity index (χ1) is 15.1. The lowest BCUT2D eigenvalue weighted by molar-refractivity contribution is -0.138. The first-order valence-electron chi connectivity index (χ1n) is 11.2. The summed E-state index contributed by atoms with van der Waals surface area (Å²) in [5, 5.41) is 3.13. The number of amides is 2. The lowest BCUT2D eigenvalue weighted by Crippen LogP contribution is -2.55. The molecule has 5 rings (SSSR count). The highest BCUT2D eigenvalue weighted by molar-refractivity contribution is 6.10. The molecular formula is C25H29N3O3. The molecule has 0 aliphatic carbocycles. The first kappa shape index (κ1) is 20.1. The van der Waals surface area contributed by atoms with E-state index in [0.29, 0.717) is 19.6 Å². The van der Waals surface area contributed by atoms with Crippen LogP contribution >= 0.6 is 0 Å². The molecule has 0 radical (unpaired) electrons. The lowest BCUT2D eigenvalue weighted by atomic mass is 9.78. The number of benzene rings is 2. The average Bonchev–Trinajstić information content (AvgIpc) is 3.43. The number of fused-ring (bicyclic) bond motifs is 4. The largest absolute Gasteiger partial charge is 0.494 e. The van der Waals surface area contributed by atoms with E-state index >= 15 is 0 Å². The monoisotopic (exact) mass is 419 g/mol. The van der Waals surface area contributed by atoms with E-state index in [9.17, 15) is 9.59 Å². The Balaban J connectivity index is 1.48. The van der Waals surface area contributed by atoms with Crippen LogP contribution in [0.15, 0.2) is 48.5 Å². The van der Waals surface area contributed by atoms with Gasteiger partial charge in [0.25, 0.3) is 5.91 Å². The second kappa shape index (κ2) is 7.68. The van der Waals surface area contributed by atoms with Crippen LogP contribution in [0.3, 0.4) is 0 Å². The summed E-state index contributed by atoms with van der Waals surface area (Å²) < 4.78 is 5.71. The van der Waals surface area contributed by atoms with E-state index in [4.69, 9.17) is 4.74 Å². The van der Waals surface area contributed by atoms with Gasteiger partial charge in [-0.05, 0) is 44.9 Å². The van der Waals surface area contributed by atoms with Gasteiger partial charge in [0.1, 0.15) is 11.3 Å². The molecule has 2 aromatic carbocycles. The molecule has 2 saturated heterocycles. The van der Waals surface area contributed by atoms with Crippen molar-refractivity contribution in [3.8, 4) is 5.75 Å². The van der Waals surface area contributed by atoms with E-state index in [1.807, 2.05) is 62.5 Å². The molecule has 0 bridgehead atoms. The van der Waals surface area contributed by atoms with Gasteiger partial charge in [-0.15, -0.1) is 0 Å². The molecule has 3 atom stereocenters. The van der Waals surface area contributed by atoms with Crippen molar-refractivity contribution in [3.05, 3.63) is 59.7 Å². The van der Waals surface area contributed by atoms with Crippen molar-refractivity contribution >= 4 is 17.5 Å². The highest BCUT2D eigenvalue weighted by atomic mass is 16.5. The van der Waals surface area contributed by atoms with Crippen molar-refractivity contribution in [2.24, 2.45) is 5.92 Å². The maximum atomic E-state index is 13.7. The smallest absolute Gasteiger partial charge is 0.252 e. The number of hydrogen-bond acceptors (Lipinski definition) is 4. The minimum atomic E-state index is -0.893. The van der Waals surface area contributed by atoms with E-state index in [2.05, 4.69) is 10.2 Å². The summed E-state index contributed by atoms with van der Waals surface area (Å²) in [7, 11) is 1.83. The van der Waals surface area contributed by atoms with Crippen molar-refractivity contribution in [3.63, 3.8) is 0 Å². The zero-order chi connectivity index (χ0) is 21.6. The Morgan fingerprint density at radius 3 is 2.81 bits per heavy atom. The van der Waals surface area contributed by atoms with Gasteiger partial charge in [0, 0.05) is 36.4 Å². The third kappa shape index (κ3) is 2.88. The fourth-order valence-corrected chi connectivity index (χ4v) is 5.92. The maximum absolute atomic E-state index is 13.7. The number of para-hydroxylation sites is 2. The molecule has 162 valence electrons. The summed E-state index contributed by atoms with van der Waals surface area (Å²) in [6.45, 7) is 3.77. The molecule has 0 aromatic heterocycles. The standard InChI is InChI=1S/C25H29N3O3/c1-3-31-22-13-7-4-9-17(22)16-26-23(29)20-15-18-10-8-14-28(18)25(20)19-11-5-6-12-21(19)27(2)24(25)30/h4-7,9,11-13,18,20H,3,8,10,14-16H2,1-2H3,(H,26,29). The molecule has 6 heteroatoms. The molecule has 0 saturated carbocycles. The van der Waals surface area contributed by atoms with Crippen LogP contribution in [0.1, 0.15) is 37.3 Å². The molecule has 1 spiro atoms. The Kier molecular flexibility index (Phi) is 4.97. The van der Waals surface area contributed by atoms with Crippen molar-refractivity contribution in [2.75, 3.05) is 25.1 Å². The second-order valence-corrected chi connectivity index (χ2v) is 8.68. The van der Waals surface area contributed by atoms with Crippen molar-refractivity contribution in [1.82, 2.24) is 10.2 Å². The predicted molar refractivity (Wildman–Crippen MR) is 119 cm³/mol. The molecule has 31 heavy (non-hydrogen) atoms. The minimum Gasteiger partial charge on any atom is -0.494 e. The van der Waals surface area contributed by atoms with Gasteiger partial charge in [-0.3, -0.25) is 14.5 Å². The normalized spacial score (nSPS) is 26.9. The molecule has 3 heterocycles. The molecule has 3 aliphatic rings. The number of rotatable bonds is 5. The number of nitrogens with zero attached hydrogens (tertiary/aromatic N) is 2. The summed E-state index contributed by atoms with van der Waals surface area (Å²) in [5.74, 6) is 0.344. The quantitative estimate of drug-likeness (QED) is 0.809. The zero-order valence-corrected chi connectivity index (χ0v) is 18.1. The number of anilines is 1. The fraction of sp³-hybridized carbons (Fsp3) is 0.440. The molecule has 6 nitrogen and oxygen atoms in total. The van der Waals surface area contributed by atoms with E-state index in [0.717, 1.165) is 42.0 Å². The van der Waals surface area contributed by atoms with Gasteiger partial charge in [0.15, 0.2) is 0 Å². The van der Waals surface area contributed by atoms with E-state index in [1.165, 1.54) is 0 Å². The SMILES string of the molecule is CCOc1ccccc1CNC(=O)C1CC2CCCN2C12C(=O)N(C)c1ccccc12. The molecular weight excluding hydrogens is 390 g/mol. The molecule has 1 N–H and O–H groups in total. The lowest BCUT2D eigenvalue weighted by Gasteiger charge is -2.37. The van der Waals surface area contributed by atoms with Crippen LogP contribution in [-0.4, -0.2) is 43.0 Å². The number of carbonyl (C=O) groups is 2. The van der Waals surface area contributed by atoms with Crippen LogP contribution in [-0.2, 0) is 21.7 Å². The van der Waals surface area contributed by atoms with Gasteiger partial charge in [-0.25, -0.2) is 0 Å². The third-order valence-corrected chi connectivity index (χ3v) is 7.19. The Morgan fingerprint density at radius 2 is 1.97 bits per heavy atom. The number of carbonyl (C=O) groups excluding carboxylic acids is 2. The molecule has 3 unspecified atom stereocenters. The van der Waals surface area contributed by atoms with Gasteiger partial charge in [0.2, 0.25) is 5.91 Å². The summed E-state index contributed by atoms with van der Waals surface area (Å²) in [4.78, 5) is 31.4. The summed E-state index contributed by atoms with van der Waals surface area (Å²) >= 11 is 0. The van der Waals surface area contributed by atoms with Crippen LogP contribution in [0.2, 0.25) is 0 Å². The third-order valence-electron chi connectivity index (χ3n) is 7.19. The van der Waals surface area contributed by atoms with E-state index in [-0.39, 0.29) is 17.9 Å². The summed E-state index contributed by atoms with van der Waals surface area (Å²) in [6, 6.07) is 16.0. The Labute approximate surface area is 183 Å². The van der Waals surface area contributed by atoms with Crippen LogP contribution in [0.25, 0.3) is 0 Å². The van der Waals surface area contributed by atoms with Gasteiger partial charge in [-0.2, -0.15) is 0 Å². The second-order valence-electron chi connectivity index (χ2n) is 8.68. The van der Waals surface area contributed by atoms with Crippen molar-refractivity contribution in [1.29, 1.82) is 0 Å². The molecule has 2 amide bonds. The minimum absolute atomic E-state index is 0.0213. The fourth-order valence-electron chi connectivity index (χ4n) is 5.92. The number of nitrogens with one attached hydrogen (secondary N) is 1. The Hall–Kier alpha value is -2.86. The Morgan fingerprint density at radius 1 is 1.19 bits per heavy atom. The molecule has 2 fully saturated rings. The van der Waals surface area contributed by atoms with Crippen LogP contribution < -0.4 is 15.0 Å². The number of likely N-dealkylation sites (N-methyl/N-ethyl adjacent to an activating group) is 1. The topological polar surface area (TPSA) is 61.9 Å². The van der Waals surface area contributed by atoms with Crippen LogP contribution in [0.5, 0.6) is 5.75 Å².